The first-order chi connectivity index (χ1) is 7.61. The van der Waals surface area contributed by atoms with E-state index in [1.54, 1.807) is 0 Å². The number of allylic oxidation sites excluding steroid dienone is 1. The maximum Gasteiger partial charge on any atom is 0.343 e. The zero-order valence-electron chi connectivity index (χ0n) is 8.93. The molecule has 1 unspecified atom stereocenters. The van der Waals surface area contributed by atoms with Crippen LogP contribution in [0.3, 0.4) is 0 Å². The molecule has 2 nitrogen and oxygen atoms in total. The standard InChI is InChI=1S/C11H13Br2FO2/c1-2-3-4-5-7(14)9-10(13)8(6-12)16-11(9)15/h6-7H,2-5H2,1H3. The second-order valence-corrected chi connectivity index (χ2v) is 4.80. The van der Waals surface area contributed by atoms with Gasteiger partial charge in [-0.3, -0.25) is 0 Å². The van der Waals surface area contributed by atoms with Crippen LogP contribution in [-0.2, 0) is 9.53 Å². The van der Waals surface area contributed by atoms with E-state index in [0.29, 0.717) is 16.7 Å². The van der Waals surface area contributed by atoms with E-state index in [4.69, 9.17) is 4.74 Å². The molecule has 0 radical (unpaired) electrons. The van der Waals surface area contributed by atoms with Gasteiger partial charge in [0.15, 0.2) is 5.76 Å². The zero-order chi connectivity index (χ0) is 12.1. The Hall–Kier alpha value is -0.160. The van der Waals surface area contributed by atoms with Crippen molar-refractivity contribution >= 4 is 37.8 Å². The summed E-state index contributed by atoms with van der Waals surface area (Å²) in [5.74, 6) is -0.264. The second-order valence-electron chi connectivity index (χ2n) is 3.55. The summed E-state index contributed by atoms with van der Waals surface area (Å²) in [5, 5.41) is 0. The van der Waals surface area contributed by atoms with Gasteiger partial charge in [-0.15, -0.1) is 0 Å². The third-order valence-electron chi connectivity index (χ3n) is 2.35. The van der Waals surface area contributed by atoms with Crippen molar-refractivity contribution in [1.29, 1.82) is 0 Å². The van der Waals surface area contributed by atoms with E-state index >= 15 is 0 Å². The fraction of sp³-hybridized carbons (Fsp3) is 0.545. The molecule has 0 aliphatic carbocycles. The summed E-state index contributed by atoms with van der Waals surface area (Å²) in [6, 6.07) is 0. The molecule has 5 heteroatoms. The zero-order valence-corrected chi connectivity index (χ0v) is 12.1. The van der Waals surface area contributed by atoms with Gasteiger partial charge < -0.3 is 4.74 Å². The molecule has 1 aliphatic heterocycles. The molecule has 0 N–H and O–H groups in total. The highest BCUT2D eigenvalue weighted by Gasteiger charge is 2.33. The van der Waals surface area contributed by atoms with Crippen molar-refractivity contribution in [2.24, 2.45) is 0 Å². The highest BCUT2D eigenvalue weighted by atomic mass is 79.9. The number of carbonyl (C=O) groups excluding carboxylic acids is 1. The summed E-state index contributed by atoms with van der Waals surface area (Å²) in [4.78, 5) is 12.9. The molecule has 1 atom stereocenters. The van der Waals surface area contributed by atoms with Crippen LogP contribution in [0.15, 0.2) is 20.8 Å². The molecule has 0 spiro atoms. The van der Waals surface area contributed by atoms with Gasteiger partial charge in [-0.05, 0) is 22.4 Å². The van der Waals surface area contributed by atoms with Crippen LogP contribution in [0.25, 0.3) is 0 Å². The summed E-state index contributed by atoms with van der Waals surface area (Å²) >= 11 is 6.24. The number of hydrogen-bond donors (Lipinski definition) is 0. The lowest BCUT2D eigenvalue weighted by Gasteiger charge is -2.06. The van der Waals surface area contributed by atoms with E-state index in [9.17, 15) is 9.18 Å². The number of ether oxygens (including phenoxy) is 1. The highest BCUT2D eigenvalue weighted by molar-refractivity contribution is 9.12. The van der Waals surface area contributed by atoms with Crippen molar-refractivity contribution in [3.05, 3.63) is 20.8 Å². The predicted octanol–water partition coefficient (Wildman–Crippen LogP) is 4.35. The maximum absolute atomic E-state index is 13.8. The van der Waals surface area contributed by atoms with Crippen LogP contribution >= 0.6 is 31.9 Å². The summed E-state index contributed by atoms with van der Waals surface area (Å²) in [6.07, 6.45) is 1.90. The minimum atomic E-state index is -1.25. The van der Waals surface area contributed by atoms with E-state index in [1.165, 1.54) is 4.99 Å². The summed E-state index contributed by atoms with van der Waals surface area (Å²) in [7, 11) is 0. The number of esters is 1. The number of rotatable bonds is 5. The van der Waals surface area contributed by atoms with Crippen LogP contribution in [0.1, 0.15) is 32.6 Å². The third kappa shape index (κ3) is 3.17. The van der Waals surface area contributed by atoms with Crippen LogP contribution in [0, 0.1) is 0 Å². The smallest absolute Gasteiger partial charge is 0.343 e. The van der Waals surface area contributed by atoms with Crippen LogP contribution in [0.5, 0.6) is 0 Å². The largest absolute Gasteiger partial charge is 0.421 e. The Kier molecular flexibility index (Phi) is 5.69. The molecule has 0 aromatic carbocycles. The monoisotopic (exact) mass is 354 g/mol. The van der Waals surface area contributed by atoms with Crippen molar-refractivity contribution in [1.82, 2.24) is 0 Å². The first kappa shape index (κ1) is 13.9. The van der Waals surface area contributed by atoms with Crippen molar-refractivity contribution in [3.63, 3.8) is 0 Å². The summed E-state index contributed by atoms with van der Waals surface area (Å²) in [6.45, 7) is 2.05. The first-order valence-corrected chi connectivity index (χ1v) is 6.89. The van der Waals surface area contributed by atoms with E-state index in [-0.39, 0.29) is 5.57 Å². The van der Waals surface area contributed by atoms with Gasteiger partial charge in [-0.25, -0.2) is 9.18 Å². The van der Waals surface area contributed by atoms with Gasteiger partial charge in [0.25, 0.3) is 0 Å². The van der Waals surface area contributed by atoms with Crippen molar-refractivity contribution in [3.8, 4) is 0 Å². The summed E-state index contributed by atoms with van der Waals surface area (Å²) < 4.78 is 19.1. The lowest BCUT2D eigenvalue weighted by Crippen LogP contribution is -2.12. The van der Waals surface area contributed by atoms with Gasteiger partial charge in [0.2, 0.25) is 0 Å². The van der Waals surface area contributed by atoms with Crippen molar-refractivity contribution < 1.29 is 13.9 Å². The average Bonchev–Trinajstić information content (AvgIpc) is 2.54. The molecule has 1 rings (SSSR count). The fourth-order valence-electron chi connectivity index (χ4n) is 1.48. The lowest BCUT2D eigenvalue weighted by molar-refractivity contribution is -0.133. The number of carbonyl (C=O) groups is 1. The molecular formula is C11H13Br2FO2. The fourth-order valence-corrected chi connectivity index (χ4v) is 2.71. The normalized spacial score (nSPS) is 20.5. The Morgan fingerprint density at radius 1 is 1.50 bits per heavy atom. The molecule has 0 saturated heterocycles. The van der Waals surface area contributed by atoms with Gasteiger partial charge in [0.05, 0.1) is 10.1 Å². The molecule has 0 amide bonds. The lowest BCUT2D eigenvalue weighted by atomic mass is 10.0. The van der Waals surface area contributed by atoms with Gasteiger partial charge in [0.1, 0.15) is 6.17 Å². The minimum Gasteiger partial charge on any atom is -0.421 e. The molecule has 0 fully saturated rings. The second kappa shape index (κ2) is 6.55. The molecule has 1 heterocycles. The van der Waals surface area contributed by atoms with E-state index in [1.807, 2.05) is 0 Å². The Morgan fingerprint density at radius 3 is 2.69 bits per heavy atom. The van der Waals surface area contributed by atoms with Crippen molar-refractivity contribution in [2.45, 2.75) is 38.8 Å². The number of cyclic esters (lactones) is 1. The molecule has 16 heavy (non-hydrogen) atoms. The van der Waals surface area contributed by atoms with Gasteiger partial charge in [0, 0.05) is 4.99 Å². The summed E-state index contributed by atoms with van der Waals surface area (Å²) in [5.41, 5.74) is 0.0989. The van der Waals surface area contributed by atoms with Gasteiger partial charge in [-0.2, -0.15) is 0 Å². The number of alkyl halides is 1. The SMILES string of the molecule is CCCCCC(F)C1=C(Br)C(=CBr)OC1=O. The van der Waals surface area contributed by atoms with Crippen LogP contribution in [-0.4, -0.2) is 12.1 Å². The van der Waals surface area contributed by atoms with Crippen LogP contribution in [0.4, 0.5) is 4.39 Å². The van der Waals surface area contributed by atoms with E-state index < -0.39 is 12.1 Å². The Labute approximate surface area is 111 Å². The molecule has 1 aliphatic rings. The minimum absolute atomic E-state index is 0.0989. The Bertz CT molecular complexity index is 337. The topological polar surface area (TPSA) is 26.3 Å². The molecule has 90 valence electrons. The number of hydrogen-bond acceptors (Lipinski definition) is 2. The molecule has 0 aromatic heterocycles. The molecule has 0 aromatic rings. The number of halogens is 3. The Balaban J connectivity index is 2.70. The maximum atomic E-state index is 13.8. The first-order valence-electron chi connectivity index (χ1n) is 5.18. The molecular weight excluding hydrogens is 343 g/mol. The quantitative estimate of drug-likeness (QED) is 0.541. The predicted molar refractivity (Wildman–Crippen MR) is 68.1 cm³/mol. The molecule has 0 bridgehead atoms. The van der Waals surface area contributed by atoms with Crippen molar-refractivity contribution in [2.75, 3.05) is 0 Å². The highest BCUT2D eigenvalue weighted by Crippen LogP contribution is 2.35. The average molecular weight is 356 g/mol. The Morgan fingerprint density at radius 2 is 2.19 bits per heavy atom. The van der Waals surface area contributed by atoms with Crippen LogP contribution < -0.4 is 0 Å². The number of unbranched alkanes of at least 4 members (excludes halogenated alkanes) is 2. The van der Waals surface area contributed by atoms with Crippen LogP contribution in [0.2, 0.25) is 0 Å². The van der Waals surface area contributed by atoms with Gasteiger partial charge >= 0.3 is 5.97 Å². The third-order valence-corrected chi connectivity index (χ3v) is 3.58. The molecule has 0 saturated carbocycles. The van der Waals surface area contributed by atoms with E-state index in [0.717, 1.165) is 19.3 Å². The van der Waals surface area contributed by atoms with Gasteiger partial charge in [-0.1, -0.05) is 42.1 Å². The van der Waals surface area contributed by atoms with E-state index in [2.05, 4.69) is 38.8 Å².